The van der Waals surface area contributed by atoms with Crippen LogP contribution in [-0.4, -0.2) is 16.8 Å². The molecule has 1 rings (SSSR count). The van der Waals surface area contributed by atoms with Crippen molar-refractivity contribution in [2.24, 2.45) is 5.73 Å². The summed E-state index contributed by atoms with van der Waals surface area (Å²) in [4.78, 5) is 0. The number of rotatable bonds is 3. The maximum atomic E-state index is 9.14. The summed E-state index contributed by atoms with van der Waals surface area (Å²) >= 11 is 3.33. The molecule has 0 amide bonds. The molecule has 3 nitrogen and oxygen atoms in total. The third-order valence-corrected chi connectivity index (χ3v) is 2.68. The highest BCUT2D eigenvalue weighted by molar-refractivity contribution is 9.10. The molecule has 0 fully saturated rings. The minimum atomic E-state index is -0.818. The van der Waals surface area contributed by atoms with E-state index >= 15 is 0 Å². The van der Waals surface area contributed by atoms with Gasteiger partial charge < -0.3 is 15.9 Å². The summed E-state index contributed by atoms with van der Waals surface area (Å²) < 4.78 is 0.884. The van der Waals surface area contributed by atoms with E-state index in [2.05, 4.69) is 15.9 Å². The van der Waals surface area contributed by atoms with Crippen LogP contribution in [0.1, 0.15) is 18.1 Å². The van der Waals surface area contributed by atoms with Gasteiger partial charge in [-0.3, -0.25) is 0 Å². The van der Waals surface area contributed by atoms with Gasteiger partial charge in [-0.25, -0.2) is 0 Å². The van der Waals surface area contributed by atoms with Crippen molar-refractivity contribution < 1.29 is 10.2 Å². The lowest BCUT2D eigenvalue weighted by Crippen LogP contribution is -2.38. The highest BCUT2D eigenvalue weighted by Gasteiger charge is 2.23. The van der Waals surface area contributed by atoms with Crippen molar-refractivity contribution in [1.82, 2.24) is 0 Å². The number of halogens is 1. The van der Waals surface area contributed by atoms with E-state index < -0.39 is 5.54 Å². The van der Waals surface area contributed by atoms with Gasteiger partial charge in [0.2, 0.25) is 0 Å². The molecule has 14 heavy (non-hydrogen) atoms. The van der Waals surface area contributed by atoms with Crippen molar-refractivity contribution in [1.29, 1.82) is 0 Å². The molecular weight excluding hydrogens is 246 g/mol. The molecule has 1 aromatic carbocycles. The monoisotopic (exact) mass is 259 g/mol. The van der Waals surface area contributed by atoms with Gasteiger partial charge in [-0.2, -0.15) is 0 Å². The van der Waals surface area contributed by atoms with Crippen LogP contribution in [0.2, 0.25) is 0 Å². The van der Waals surface area contributed by atoms with Crippen LogP contribution >= 0.6 is 15.9 Å². The normalized spacial score (nSPS) is 15.2. The van der Waals surface area contributed by atoms with E-state index in [9.17, 15) is 0 Å². The molecule has 0 aliphatic heterocycles. The van der Waals surface area contributed by atoms with Crippen molar-refractivity contribution in [2.75, 3.05) is 6.61 Å². The van der Waals surface area contributed by atoms with Gasteiger partial charge in [-0.05, 0) is 30.2 Å². The van der Waals surface area contributed by atoms with Crippen LogP contribution in [0.25, 0.3) is 0 Å². The lowest BCUT2D eigenvalue weighted by molar-refractivity contribution is 0.205. The summed E-state index contributed by atoms with van der Waals surface area (Å²) in [6, 6.07) is 5.45. The second kappa shape index (κ2) is 4.40. The summed E-state index contributed by atoms with van der Waals surface area (Å²) in [7, 11) is 0. The molecule has 0 bridgehead atoms. The lowest BCUT2D eigenvalue weighted by Gasteiger charge is -2.25. The van der Waals surface area contributed by atoms with Crippen LogP contribution in [0.15, 0.2) is 22.7 Å². The van der Waals surface area contributed by atoms with Gasteiger partial charge in [-0.1, -0.05) is 22.0 Å². The maximum absolute atomic E-state index is 9.14. The number of hydrogen-bond acceptors (Lipinski definition) is 3. The average molecular weight is 260 g/mol. The molecule has 4 heteroatoms. The highest BCUT2D eigenvalue weighted by atomic mass is 79.9. The SMILES string of the molecule is CC(N)(CO)c1cc(Br)ccc1CO. The Balaban J connectivity index is 3.23. The van der Waals surface area contributed by atoms with Gasteiger partial charge in [0, 0.05) is 4.47 Å². The molecule has 0 aliphatic rings. The Morgan fingerprint density at radius 2 is 2.07 bits per heavy atom. The van der Waals surface area contributed by atoms with Crippen LogP contribution < -0.4 is 5.73 Å². The number of benzene rings is 1. The Labute approximate surface area is 91.7 Å². The zero-order valence-corrected chi connectivity index (χ0v) is 9.58. The van der Waals surface area contributed by atoms with Gasteiger partial charge in [0.25, 0.3) is 0 Å². The van der Waals surface area contributed by atoms with Gasteiger partial charge in [0.1, 0.15) is 0 Å². The molecule has 0 aromatic heterocycles. The minimum absolute atomic E-state index is 0.0740. The molecule has 1 atom stereocenters. The molecular formula is C10H14BrNO2. The first-order chi connectivity index (χ1) is 6.51. The van der Waals surface area contributed by atoms with Crippen LogP contribution in [0.5, 0.6) is 0 Å². The third kappa shape index (κ3) is 2.33. The molecule has 0 aliphatic carbocycles. The number of nitrogens with two attached hydrogens (primary N) is 1. The van der Waals surface area contributed by atoms with E-state index in [0.29, 0.717) is 0 Å². The first-order valence-electron chi connectivity index (χ1n) is 4.31. The summed E-state index contributed by atoms with van der Waals surface area (Å²) in [5, 5.41) is 18.3. The summed E-state index contributed by atoms with van der Waals surface area (Å²) in [6.45, 7) is 1.50. The third-order valence-electron chi connectivity index (χ3n) is 2.19. The first-order valence-corrected chi connectivity index (χ1v) is 5.10. The zero-order valence-electron chi connectivity index (χ0n) is 8.00. The van der Waals surface area contributed by atoms with Gasteiger partial charge >= 0.3 is 0 Å². The highest BCUT2D eigenvalue weighted by Crippen LogP contribution is 2.25. The largest absolute Gasteiger partial charge is 0.394 e. The molecule has 1 aromatic rings. The van der Waals surface area contributed by atoms with Crippen LogP contribution in [0.3, 0.4) is 0 Å². The van der Waals surface area contributed by atoms with E-state index in [1.54, 1.807) is 13.0 Å². The molecule has 4 N–H and O–H groups in total. The minimum Gasteiger partial charge on any atom is -0.394 e. The van der Waals surface area contributed by atoms with Gasteiger partial charge in [-0.15, -0.1) is 0 Å². The number of aliphatic hydroxyl groups excluding tert-OH is 2. The lowest BCUT2D eigenvalue weighted by atomic mass is 9.90. The van der Waals surface area contributed by atoms with Crippen molar-refractivity contribution in [3.05, 3.63) is 33.8 Å². The van der Waals surface area contributed by atoms with Gasteiger partial charge in [0.15, 0.2) is 0 Å². The first kappa shape index (κ1) is 11.7. The van der Waals surface area contributed by atoms with E-state index in [1.165, 1.54) is 0 Å². The number of aliphatic hydroxyl groups is 2. The summed E-state index contributed by atoms with van der Waals surface area (Å²) in [5.74, 6) is 0. The van der Waals surface area contributed by atoms with Crippen molar-refractivity contribution in [3.63, 3.8) is 0 Å². The predicted molar refractivity (Wildman–Crippen MR) is 58.7 cm³/mol. The smallest absolute Gasteiger partial charge is 0.0685 e. The molecule has 0 saturated heterocycles. The Morgan fingerprint density at radius 3 is 2.57 bits per heavy atom. The van der Waals surface area contributed by atoms with Crippen molar-refractivity contribution >= 4 is 15.9 Å². The Kier molecular flexibility index (Phi) is 3.66. The molecule has 0 spiro atoms. The van der Waals surface area contributed by atoms with Crippen LogP contribution in [-0.2, 0) is 12.1 Å². The fraction of sp³-hybridized carbons (Fsp3) is 0.400. The second-order valence-corrected chi connectivity index (χ2v) is 4.45. The molecule has 0 heterocycles. The fourth-order valence-corrected chi connectivity index (χ4v) is 1.66. The molecule has 0 radical (unpaired) electrons. The van der Waals surface area contributed by atoms with E-state index in [4.69, 9.17) is 15.9 Å². The van der Waals surface area contributed by atoms with E-state index in [1.807, 2.05) is 12.1 Å². The summed E-state index contributed by atoms with van der Waals surface area (Å²) in [5.41, 5.74) is 6.59. The summed E-state index contributed by atoms with van der Waals surface area (Å²) in [6.07, 6.45) is 0. The molecule has 78 valence electrons. The Morgan fingerprint density at radius 1 is 1.43 bits per heavy atom. The molecule has 0 saturated carbocycles. The van der Waals surface area contributed by atoms with E-state index in [0.717, 1.165) is 15.6 Å². The Hall–Kier alpha value is -0.420. The van der Waals surface area contributed by atoms with Crippen LogP contribution in [0.4, 0.5) is 0 Å². The van der Waals surface area contributed by atoms with Crippen LogP contribution in [0, 0.1) is 0 Å². The molecule has 1 unspecified atom stereocenters. The van der Waals surface area contributed by atoms with E-state index in [-0.39, 0.29) is 13.2 Å². The Bertz CT molecular complexity index is 326. The predicted octanol–water partition coefficient (Wildman–Crippen LogP) is 1.11. The fourth-order valence-electron chi connectivity index (χ4n) is 1.30. The maximum Gasteiger partial charge on any atom is 0.0685 e. The standard InChI is InChI=1S/C10H14BrNO2/c1-10(12,6-14)9-4-8(11)3-2-7(9)5-13/h2-4,13-14H,5-6,12H2,1H3. The number of hydrogen-bond donors (Lipinski definition) is 3. The van der Waals surface area contributed by atoms with Gasteiger partial charge in [0.05, 0.1) is 18.8 Å². The second-order valence-electron chi connectivity index (χ2n) is 3.54. The topological polar surface area (TPSA) is 66.5 Å². The zero-order chi connectivity index (χ0) is 10.8. The average Bonchev–Trinajstić information content (AvgIpc) is 2.18. The quantitative estimate of drug-likeness (QED) is 0.762. The van der Waals surface area contributed by atoms with Crippen molar-refractivity contribution in [3.8, 4) is 0 Å². The van der Waals surface area contributed by atoms with Crippen molar-refractivity contribution in [2.45, 2.75) is 19.1 Å².